The first kappa shape index (κ1) is 66.3. The Morgan fingerprint density at radius 3 is 1.73 bits per heavy atom. The van der Waals surface area contributed by atoms with E-state index in [1.165, 1.54) is 4.90 Å². The van der Waals surface area contributed by atoms with Crippen molar-refractivity contribution in [3.05, 3.63) is 35.9 Å². The molecule has 0 spiro atoms. The number of carbonyl (C=O) groups excluding carboxylic acids is 12. The highest BCUT2D eigenvalue weighted by Gasteiger charge is 2.40. The number of amides is 10. The van der Waals surface area contributed by atoms with Crippen LogP contribution < -0.4 is 65.2 Å². The van der Waals surface area contributed by atoms with Crippen molar-refractivity contribution >= 4 is 89.5 Å². The molecular formula is C45H64F3N15O16. The number of benzene rings is 1. The van der Waals surface area contributed by atoms with Crippen LogP contribution in [-0.4, -0.2) is 204 Å². The van der Waals surface area contributed by atoms with Gasteiger partial charge in [0.15, 0.2) is 5.96 Å². The summed E-state index contributed by atoms with van der Waals surface area (Å²) in [4.78, 5) is 175. The number of carboxylic acid groups (broad SMARTS) is 2. The van der Waals surface area contributed by atoms with E-state index in [2.05, 4.69) is 53.0 Å². The maximum atomic E-state index is 14.1. The molecule has 2 fully saturated rings. The van der Waals surface area contributed by atoms with Crippen LogP contribution in [0.5, 0.6) is 0 Å². The molecule has 6 atom stereocenters. The van der Waals surface area contributed by atoms with E-state index in [4.69, 9.17) is 32.2 Å². The van der Waals surface area contributed by atoms with Crippen LogP contribution in [0.25, 0.3) is 0 Å². The van der Waals surface area contributed by atoms with Gasteiger partial charge in [-0.05, 0) is 50.5 Å². The lowest BCUT2D eigenvalue weighted by atomic mass is 10.1. The van der Waals surface area contributed by atoms with E-state index in [-0.39, 0.29) is 38.2 Å². The summed E-state index contributed by atoms with van der Waals surface area (Å²) in [5.74, 6) is -12.5. The van der Waals surface area contributed by atoms with Crippen molar-refractivity contribution in [2.24, 2.45) is 22.2 Å². The maximum absolute atomic E-state index is 14.1. The van der Waals surface area contributed by atoms with Crippen LogP contribution in [0, 0.1) is 0 Å². The van der Waals surface area contributed by atoms with E-state index in [1.54, 1.807) is 5.01 Å². The Kier molecular flexibility index (Phi) is 28.6. The number of hydrogen-bond acceptors (Lipinski definition) is 17. The highest BCUT2D eigenvalue weighted by atomic mass is 19.4. The molecule has 436 valence electrons. The number of nitrogens with two attached hydrogens (primary N) is 3. The number of hydrazine groups is 1. The largest absolute Gasteiger partial charge is 0.490 e. The number of alkyl halides is 3. The van der Waals surface area contributed by atoms with Crippen LogP contribution in [0.4, 0.5) is 13.2 Å². The highest BCUT2D eigenvalue weighted by Crippen LogP contribution is 2.21. The van der Waals surface area contributed by atoms with Gasteiger partial charge in [-0.15, -0.1) is 0 Å². The van der Waals surface area contributed by atoms with Crippen molar-refractivity contribution in [1.82, 2.24) is 57.9 Å². The molecule has 2 aliphatic heterocycles. The molecule has 2 saturated heterocycles. The molecule has 31 nitrogen and oxygen atoms in total. The number of nitrogens with one attached hydrogen (secondary N) is 9. The molecular weight excluding hydrogens is 1060 g/mol. The van der Waals surface area contributed by atoms with Crippen LogP contribution in [0.1, 0.15) is 56.9 Å². The lowest BCUT2D eigenvalue weighted by Crippen LogP contribution is -2.58. The topological polar surface area (TPSA) is 485 Å². The van der Waals surface area contributed by atoms with E-state index in [1.807, 2.05) is 30.3 Å². The fourth-order valence-electron chi connectivity index (χ4n) is 7.47. The molecule has 17 N–H and O–H groups in total. The summed E-state index contributed by atoms with van der Waals surface area (Å²) in [6.45, 7) is -2.60. The minimum Gasteiger partial charge on any atom is -0.481 e. The predicted molar refractivity (Wildman–Crippen MR) is 264 cm³/mol. The molecule has 1 aromatic rings. The third kappa shape index (κ3) is 26.2. The summed E-state index contributed by atoms with van der Waals surface area (Å²) < 4.78 is 31.7. The van der Waals surface area contributed by atoms with Gasteiger partial charge in [-0.3, -0.25) is 57.7 Å². The first-order valence-corrected chi connectivity index (χ1v) is 24.1. The highest BCUT2D eigenvalue weighted by molar-refractivity contribution is 5.97. The summed E-state index contributed by atoms with van der Waals surface area (Å²) in [6, 6.07) is 2.99. The molecule has 0 radical (unpaired) electrons. The lowest BCUT2D eigenvalue weighted by Gasteiger charge is -2.31. The Balaban J connectivity index is 0.00000284. The zero-order chi connectivity index (χ0) is 59.2. The second-order valence-corrected chi connectivity index (χ2v) is 17.4. The van der Waals surface area contributed by atoms with Gasteiger partial charge >= 0.3 is 18.1 Å². The molecule has 3 rings (SSSR count). The van der Waals surface area contributed by atoms with E-state index < -0.39 is 159 Å². The SMILES string of the molecule is NC(=O)C[C@H](NC(=O)CNC(=O)CNC(=O)CNC(=O)CNC(=O)[C@@H]1CCCN1C(=O)[C@H](CCCN=C(N)N)NC(=O)[C@@H]1CCCN1N[C@H](C=O)Cc1ccccc1)C(=O)NCC(=O)N[C@H](C=O)CC(=O)O.O=C(O)C(F)(F)F. The number of likely N-dealkylation sites (tertiary alicyclic amines) is 1. The second kappa shape index (κ2) is 34.1. The molecule has 79 heavy (non-hydrogen) atoms. The average Bonchev–Trinajstić information content (AvgIpc) is 4.08. The summed E-state index contributed by atoms with van der Waals surface area (Å²) >= 11 is 0. The number of aliphatic imine (C=N–C) groups is 1. The average molecular weight is 1130 g/mol. The number of halogens is 3. The van der Waals surface area contributed by atoms with Crippen LogP contribution in [0.15, 0.2) is 35.3 Å². The van der Waals surface area contributed by atoms with Crippen molar-refractivity contribution < 1.29 is 90.5 Å². The molecule has 2 aliphatic rings. The molecule has 1 aromatic carbocycles. The van der Waals surface area contributed by atoms with E-state index in [0.717, 1.165) is 11.8 Å². The van der Waals surface area contributed by atoms with Gasteiger partial charge in [0, 0.05) is 19.6 Å². The number of carbonyl (C=O) groups is 14. The number of nitrogens with zero attached hydrogens (tertiary/aromatic N) is 3. The quantitative estimate of drug-likeness (QED) is 0.0142. The first-order valence-electron chi connectivity index (χ1n) is 24.1. The van der Waals surface area contributed by atoms with Crippen LogP contribution in [-0.2, 0) is 73.5 Å². The molecule has 2 heterocycles. The van der Waals surface area contributed by atoms with Crippen molar-refractivity contribution in [2.75, 3.05) is 52.4 Å². The molecule has 0 unspecified atom stereocenters. The molecule has 0 aliphatic carbocycles. The molecule has 10 amide bonds. The number of aliphatic carboxylic acids is 2. The lowest BCUT2D eigenvalue weighted by molar-refractivity contribution is -0.192. The van der Waals surface area contributed by atoms with Gasteiger partial charge in [-0.1, -0.05) is 30.3 Å². The minimum atomic E-state index is -5.08. The van der Waals surface area contributed by atoms with Gasteiger partial charge in [0.2, 0.25) is 59.1 Å². The van der Waals surface area contributed by atoms with Gasteiger partial charge in [0.25, 0.3) is 0 Å². The Morgan fingerprint density at radius 1 is 0.658 bits per heavy atom. The van der Waals surface area contributed by atoms with E-state index >= 15 is 0 Å². The Bertz CT molecular complexity index is 2380. The van der Waals surface area contributed by atoms with Crippen molar-refractivity contribution in [3.8, 4) is 0 Å². The number of aldehydes is 2. The number of hydrogen-bond donors (Lipinski definition) is 14. The van der Waals surface area contributed by atoms with Crippen molar-refractivity contribution in [2.45, 2.75) is 100 Å². The number of guanidine groups is 1. The van der Waals surface area contributed by atoms with Crippen LogP contribution >= 0.6 is 0 Å². The van der Waals surface area contributed by atoms with Crippen LogP contribution in [0.3, 0.4) is 0 Å². The number of carboxylic acids is 2. The minimum absolute atomic E-state index is 0.120. The fraction of sp³-hybridized carbons (Fsp3) is 0.533. The van der Waals surface area contributed by atoms with Gasteiger partial charge in [0.05, 0.1) is 57.6 Å². The molecule has 0 aromatic heterocycles. The third-order valence-electron chi connectivity index (χ3n) is 11.1. The molecule has 0 saturated carbocycles. The van der Waals surface area contributed by atoms with E-state index in [0.29, 0.717) is 38.6 Å². The number of primary amides is 1. The van der Waals surface area contributed by atoms with Gasteiger partial charge in [-0.2, -0.15) is 13.2 Å². The summed E-state index contributed by atoms with van der Waals surface area (Å²) in [7, 11) is 0. The first-order chi connectivity index (χ1) is 37.2. The normalized spacial score (nSPS) is 16.3. The predicted octanol–water partition coefficient (Wildman–Crippen LogP) is -6.97. The standard InChI is InChI=1S/C43H63N15O14.C2HF3O2/c44-32(61)17-29(39(69)51-22-36(65)53-26(23-59)16-38(67)68)54-37(66)21-50-34(63)19-48-33(62)18-49-35(64)20-52-40(70)30-10-5-13-57(30)42(72)28(9-4-12-47-43(45)46)55-41(71)31-11-6-14-58(31)56-27(24-60)15-25-7-2-1-3-8-25;3-2(4,5)1(6)7/h1-3,7-8,23-24,26-31,56H,4-6,9-22H2,(H2,44,61)(H,48,62)(H,49,64)(H,50,63)(H,51,69)(H,52,70)(H,53,65)(H,54,66)(H,55,71)(H,67,68)(H4,45,46,47);(H,6,7)/t26-,27-,28-,29-,30-,31-;/m0./s1. The Hall–Kier alpha value is -8.82. The number of rotatable bonds is 31. The Morgan fingerprint density at radius 2 is 1.19 bits per heavy atom. The van der Waals surface area contributed by atoms with Crippen LogP contribution in [0.2, 0.25) is 0 Å². The monoisotopic (exact) mass is 1130 g/mol. The fourth-order valence-corrected chi connectivity index (χ4v) is 7.47. The zero-order valence-corrected chi connectivity index (χ0v) is 42.3. The van der Waals surface area contributed by atoms with Gasteiger partial charge in [-0.25, -0.2) is 15.2 Å². The summed E-state index contributed by atoms with van der Waals surface area (Å²) in [5, 5.41) is 35.8. The summed E-state index contributed by atoms with van der Waals surface area (Å²) in [6.07, 6.45) is -2.96. The van der Waals surface area contributed by atoms with Crippen molar-refractivity contribution in [1.29, 1.82) is 0 Å². The second-order valence-electron chi connectivity index (χ2n) is 17.4. The molecule has 34 heteroatoms. The van der Waals surface area contributed by atoms with Gasteiger partial charge in [0.1, 0.15) is 36.7 Å². The van der Waals surface area contributed by atoms with Gasteiger partial charge < -0.3 is 84.4 Å². The molecule has 0 bridgehead atoms. The smallest absolute Gasteiger partial charge is 0.481 e. The zero-order valence-electron chi connectivity index (χ0n) is 42.3. The third-order valence-corrected chi connectivity index (χ3v) is 11.1. The Labute approximate surface area is 447 Å². The van der Waals surface area contributed by atoms with Crippen molar-refractivity contribution in [3.63, 3.8) is 0 Å². The maximum Gasteiger partial charge on any atom is 0.490 e. The van der Waals surface area contributed by atoms with E-state index in [9.17, 15) is 75.5 Å². The summed E-state index contributed by atoms with van der Waals surface area (Å²) in [5.41, 5.74) is 20.2.